The third-order valence-electron chi connectivity index (χ3n) is 7.50. The SMILES string of the molecule is CCC1COCCC1NC1CCC(C(=O)N2CCN(C3=NC=CC(C(F)(F)F)=CC3)CC2)C1. The molecule has 0 aromatic heterocycles. The van der Waals surface area contributed by atoms with Crippen LogP contribution in [0.4, 0.5) is 13.2 Å². The Morgan fingerprint density at radius 2 is 2.00 bits per heavy atom. The van der Waals surface area contributed by atoms with E-state index in [0.29, 0.717) is 50.0 Å². The number of hydrogen-bond acceptors (Lipinski definition) is 5. The number of piperazine rings is 1. The van der Waals surface area contributed by atoms with Crippen LogP contribution in [0.1, 0.15) is 45.4 Å². The molecule has 33 heavy (non-hydrogen) atoms. The molecule has 4 unspecified atom stereocenters. The van der Waals surface area contributed by atoms with E-state index in [1.807, 2.05) is 9.80 Å². The first-order valence-electron chi connectivity index (χ1n) is 12.2. The van der Waals surface area contributed by atoms with Crippen LogP contribution in [0.15, 0.2) is 28.9 Å². The molecule has 2 saturated heterocycles. The number of amides is 1. The van der Waals surface area contributed by atoms with Crippen LogP contribution in [-0.2, 0) is 9.53 Å². The number of alkyl halides is 3. The van der Waals surface area contributed by atoms with Crippen molar-refractivity contribution in [1.82, 2.24) is 15.1 Å². The molecule has 0 aromatic rings. The van der Waals surface area contributed by atoms with E-state index in [0.717, 1.165) is 51.4 Å². The molecular formula is C24H35F3N4O2. The van der Waals surface area contributed by atoms with Crippen molar-refractivity contribution in [2.45, 2.75) is 63.7 Å². The first-order valence-corrected chi connectivity index (χ1v) is 12.2. The van der Waals surface area contributed by atoms with Crippen LogP contribution < -0.4 is 5.32 Å². The molecule has 3 aliphatic heterocycles. The third kappa shape index (κ3) is 5.98. The van der Waals surface area contributed by atoms with Crippen molar-refractivity contribution in [1.29, 1.82) is 0 Å². The number of aliphatic imine (C=N–C) groups is 1. The lowest BCUT2D eigenvalue weighted by molar-refractivity contribution is -0.136. The minimum absolute atomic E-state index is 0.0596. The summed E-state index contributed by atoms with van der Waals surface area (Å²) < 4.78 is 44.4. The summed E-state index contributed by atoms with van der Waals surface area (Å²) in [5.41, 5.74) is -0.662. The predicted molar refractivity (Wildman–Crippen MR) is 121 cm³/mol. The Kier molecular flexibility index (Phi) is 7.79. The van der Waals surface area contributed by atoms with Crippen molar-refractivity contribution in [2.75, 3.05) is 39.4 Å². The zero-order valence-electron chi connectivity index (χ0n) is 19.3. The number of carbonyl (C=O) groups excluding carboxylic acids is 1. The molecule has 0 radical (unpaired) electrons. The van der Waals surface area contributed by atoms with Gasteiger partial charge in [-0.15, -0.1) is 0 Å². The molecule has 4 atom stereocenters. The van der Waals surface area contributed by atoms with E-state index in [1.165, 1.54) is 12.3 Å². The highest BCUT2D eigenvalue weighted by Gasteiger charge is 2.36. The van der Waals surface area contributed by atoms with Gasteiger partial charge in [-0.1, -0.05) is 13.0 Å². The van der Waals surface area contributed by atoms with Gasteiger partial charge in [0.1, 0.15) is 5.84 Å². The number of amidine groups is 1. The highest BCUT2D eigenvalue weighted by Crippen LogP contribution is 2.31. The second-order valence-electron chi connectivity index (χ2n) is 9.55. The van der Waals surface area contributed by atoms with Gasteiger partial charge in [-0.3, -0.25) is 4.79 Å². The molecule has 6 nitrogen and oxygen atoms in total. The van der Waals surface area contributed by atoms with Crippen LogP contribution in [0.2, 0.25) is 0 Å². The van der Waals surface area contributed by atoms with Gasteiger partial charge in [-0.2, -0.15) is 13.2 Å². The van der Waals surface area contributed by atoms with Crippen molar-refractivity contribution in [3.63, 3.8) is 0 Å². The zero-order valence-corrected chi connectivity index (χ0v) is 19.3. The second-order valence-corrected chi connectivity index (χ2v) is 9.55. The van der Waals surface area contributed by atoms with Crippen molar-refractivity contribution >= 4 is 11.7 Å². The molecule has 1 N–H and O–H groups in total. The summed E-state index contributed by atoms with van der Waals surface area (Å²) in [5.74, 6) is 1.46. The number of nitrogens with one attached hydrogen (secondary N) is 1. The molecule has 3 fully saturated rings. The van der Waals surface area contributed by atoms with Crippen LogP contribution in [0, 0.1) is 11.8 Å². The van der Waals surface area contributed by atoms with Crippen molar-refractivity contribution in [3.05, 3.63) is 23.9 Å². The van der Waals surface area contributed by atoms with Crippen LogP contribution in [0.25, 0.3) is 0 Å². The third-order valence-corrected chi connectivity index (χ3v) is 7.50. The summed E-state index contributed by atoms with van der Waals surface area (Å²) in [6.07, 6.45) is 4.19. The average molecular weight is 469 g/mol. The molecule has 184 valence electrons. The lowest BCUT2D eigenvalue weighted by atomic mass is 9.92. The van der Waals surface area contributed by atoms with Gasteiger partial charge in [0.05, 0.1) is 12.2 Å². The Labute approximate surface area is 193 Å². The van der Waals surface area contributed by atoms with Gasteiger partial charge in [-0.25, -0.2) is 4.99 Å². The average Bonchev–Trinajstić information content (AvgIpc) is 3.12. The molecule has 0 aromatic carbocycles. The van der Waals surface area contributed by atoms with E-state index in [1.54, 1.807) is 0 Å². The van der Waals surface area contributed by atoms with E-state index in [9.17, 15) is 18.0 Å². The van der Waals surface area contributed by atoms with Gasteiger partial charge in [0.25, 0.3) is 0 Å². The van der Waals surface area contributed by atoms with Crippen LogP contribution >= 0.6 is 0 Å². The highest BCUT2D eigenvalue weighted by atomic mass is 19.4. The maximum Gasteiger partial charge on any atom is 0.416 e. The topological polar surface area (TPSA) is 57.2 Å². The number of hydrogen-bond donors (Lipinski definition) is 1. The first kappa shape index (κ1) is 24.3. The van der Waals surface area contributed by atoms with Gasteiger partial charge >= 0.3 is 6.18 Å². The van der Waals surface area contributed by atoms with E-state index < -0.39 is 11.7 Å². The minimum atomic E-state index is -4.36. The number of rotatable bonds is 4. The smallest absolute Gasteiger partial charge is 0.381 e. The number of halogens is 3. The molecule has 1 aliphatic carbocycles. The maximum absolute atomic E-state index is 13.1. The Bertz CT molecular complexity index is 787. The van der Waals surface area contributed by atoms with Crippen molar-refractivity contribution < 1.29 is 22.7 Å². The van der Waals surface area contributed by atoms with Crippen LogP contribution in [0.3, 0.4) is 0 Å². The summed E-state index contributed by atoms with van der Waals surface area (Å²) in [6, 6.07) is 0.867. The van der Waals surface area contributed by atoms with E-state index >= 15 is 0 Å². The standard InChI is InChI=1S/C24H35F3N4O2/c1-2-17-16-33-14-8-21(17)29-20-5-3-18(15-20)23(32)31-12-10-30(11-13-31)22-6-4-19(7-9-28-22)24(25,26)27/h4,7,9,17-18,20-21,29H,2-3,5-6,8,10-16H2,1H3. The summed E-state index contributed by atoms with van der Waals surface area (Å²) in [4.78, 5) is 21.3. The Hall–Kier alpha value is -1.87. The van der Waals surface area contributed by atoms with Gasteiger partial charge in [0.15, 0.2) is 0 Å². The number of allylic oxidation sites excluding steroid dienone is 2. The number of carbonyl (C=O) groups is 1. The predicted octanol–water partition coefficient (Wildman–Crippen LogP) is 3.51. The first-order chi connectivity index (χ1) is 15.8. The summed E-state index contributed by atoms with van der Waals surface area (Å²) >= 11 is 0. The fourth-order valence-electron chi connectivity index (χ4n) is 5.47. The normalized spacial score (nSPS) is 31.3. The molecule has 4 aliphatic rings. The molecular weight excluding hydrogens is 433 g/mol. The van der Waals surface area contributed by atoms with Gasteiger partial charge in [0.2, 0.25) is 5.91 Å². The molecule has 9 heteroatoms. The highest BCUT2D eigenvalue weighted by molar-refractivity contribution is 5.85. The molecule has 0 spiro atoms. The zero-order chi connectivity index (χ0) is 23.4. The number of nitrogens with zero attached hydrogens (tertiary/aromatic N) is 3. The summed E-state index contributed by atoms with van der Waals surface area (Å²) in [6.45, 7) is 6.21. The van der Waals surface area contributed by atoms with Gasteiger partial charge < -0.3 is 19.9 Å². The molecule has 0 bridgehead atoms. The fraction of sp³-hybridized carbons (Fsp3) is 0.750. The van der Waals surface area contributed by atoms with E-state index in [-0.39, 0.29) is 18.2 Å². The quantitative estimate of drug-likeness (QED) is 0.686. The van der Waals surface area contributed by atoms with E-state index in [2.05, 4.69) is 17.2 Å². The maximum atomic E-state index is 13.1. The van der Waals surface area contributed by atoms with Crippen molar-refractivity contribution in [3.8, 4) is 0 Å². The fourth-order valence-corrected chi connectivity index (χ4v) is 5.47. The summed E-state index contributed by atoms with van der Waals surface area (Å²) in [7, 11) is 0. The Balaban J connectivity index is 1.24. The van der Waals surface area contributed by atoms with Crippen molar-refractivity contribution in [2.24, 2.45) is 16.8 Å². The Morgan fingerprint density at radius 1 is 1.21 bits per heavy atom. The molecule has 1 saturated carbocycles. The number of ether oxygens (including phenoxy) is 1. The molecule has 1 amide bonds. The Morgan fingerprint density at radius 3 is 2.73 bits per heavy atom. The van der Waals surface area contributed by atoms with Crippen LogP contribution in [0.5, 0.6) is 0 Å². The second kappa shape index (κ2) is 10.6. The lowest BCUT2D eigenvalue weighted by Crippen LogP contribution is -2.52. The van der Waals surface area contributed by atoms with Crippen LogP contribution in [-0.4, -0.2) is 79.2 Å². The molecule has 4 rings (SSSR count). The minimum Gasteiger partial charge on any atom is -0.381 e. The van der Waals surface area contributed by atoms with E-state index in [4.69, 9.17) is 4.74 Å². The largest absolute Gasteiger partial charge is 0.416 e. The van der Waals surface area contributed by atoms with Gasteiger partial charge in [0, 0.05) is 63.4 Å². The van der Waals surface area contributed by atoms with Gasteiger partial charge in [-0.05, 0) is 44.1 Å². The summed E-state index contributed by atoms with van der Waals surface area (Å²) in [5, 5.41) is 3.81. The molecule has 3 heterocycles. The monoisotopic (exact) mass is 468 g/mol. The lowest BCUT2D eigenvalue weighted by Gasteiger charge is -2.37.